The van der Waals surface area contributed by atoms with Gasteiger partial charge >= 0.3 is 0 Å². The molecule has 1 aliphatic rings. The van der Waals surface area contributed by atoms with E-state index in [1.165, 1.54) is 16.9 Å². The summed E-state index contributed by atoms with van der Waals surface area (Å²) < 4.78 is 25.3. The Labute approximate surface area is 132 Å². The van der Waals surface area contributed by atoms with Crippen molar-refractivity contribution in [3.05, 3.63) is 35.4 Å². The lowest BCUT2D eigenvalue weighted by atomic mass is 10.00. The van der Waals surface area contributed by atoms with Crippen molar-refractivity contribution in [2.75, 3.05) is 30.3 Å². The molecular formula is C15H24N2O2S2. The van der Waals surface area contributed by atoms with Crippen LogP contribution in [0.4, 0.5) is 0 Å². The van der Waals surface area contributed by atoms with Crippen molar-refractivity contribution in [1.82, 2.24) is 10.0 Å². The van der Waals surface area contributed by atoms with Crippen LogP contribution in [0.5, 0.6) is 0 Å². The summed E-state index contributed by atoms with van der Waals surface area (Å²) >= 11 is 1.98. The highest BCUT2D eigenvalue weighted by molar-refractivity contribution is 7.99. The van der Waals surface area contributed by atoms with Crippen LogP contribution in [0.3, 0.4) is 0 Å². The molecule has 0 saturated carbocycles. The van der Waals surface area contributed by atoms with Crippen LogP contribution in [-0.4, -0.2) is 38.8 Å². The van der Waals surface area contributed by atoms with E-state index < -0.39 is 10.0 Å². The third kappa shape index (κ3) is 5.29. The molecular weight excluding hydrogens is 304 g/mol. The zero-order valence-electron chi connectivity index (χ0n) is 12.5. The van der Waals surface area contributed by atoms with Crippen LogP contribution >= 0.6 is 11.8 Å². The van der Waals surface area contributed by atoms with Gasteiger partial charge in [-0.15, -0.1) is 0 Å². The molecule has 0 bridgehead atoms. The monoisotopic (exact) mass is 328 g/mol. The van der Waals surface area contributed by atoms with Gasteiger partial charge in [0.25, 0.3) is 0 Å². The molecule has 2 rings (SSSR count). The van der Waals surface area contributed by atoms with Crippen LogP contribution in [0.25, 0.3) is 0 Å². The summed E-state index contributed by atoms with van der Waals surface area (Å²) in [6.45, 7) is 2.98. The second kappa shape index (κ2) is 8.17. The van der Waals surface area contributed by atoms with E-state index in [4.69, 9.17) is 0 Å². The molecule has 1 aliphatic heterocycles. The number of rotatable bonds is 7. The molecule has 21 heavy (non-hydrogen) atoms. The first-order chi connectivity index (χ1) is 10.1. The third-order valence-electron chi connectivity index (χ3n) is 3.68. The van der Waals surface area contributed by atoms with Crippen LogP contribution in [0.1, 0.15) is 30.5 Å². The first-order valence-electron chi connectivity index (χ1n) is 7.48. The Morgan fingerprint density at radius 1 is 1.29 bits per heavy atom. The van der Waals surface area contributed by atoms with E-state index in [9.17, 15) is 8.42 Å². The second-order valence-electron chi connectivity index (χ2n) is 5.18. The molecule has 6 heteroatoms. The van der Waals surface area contributed by atoms with Crippen LogP contribution in [0.15, 0.2) is 24.3 Å². The number of hydrogen-bond donors (Lipinski definition) is 2. The molecule has 0 saturated heterocycles. The van der Waals surface area contributed by atoms with Gasteiger partial charge in [-0.25, -0.2) is 13.1 Å². The number of fused-ring (bicyclic) bond motifs is 1. The van der Waals surface area contributed by atoms with Crippen LogP contribution in [-0.2, 0) is 16.4 Å². The molecule has 118 valence electrons. The van der Waals surface area contributed by atoms with Crippen molar-refractivity contribution >= 4 is 21.8 Å². The number of benzene rings is 1. The summed E-state index contributed by atoms with van der Waals surface area (Å²) in [6.07, 6.45) is 1.94. The van der Waals surface area contributed by atoms with Gasteiger partial charge in [0, 0.05) is 18.3 Å². The Balaban J connectivity index is 1.81. The summed E-state index contributed by atoms with van der Waals surface area (Å²) in [6, 6.07) is 8.99. The normalized spacial score (nSPS) is 19.0. The number of thioether (sulfide) groups is 1. The summed E-state index contributed by atoms with van der Waals surface area (Å²) in [5, 5.41) is 3.57. The lowest BCUT2D eigenvalue weighted by Gasteiger charge is -2.19. The van der Waals surface area contributed by atoms with E-state index in [0.717, 1.165) is 25.1 Å². The van der Waals surface area contributed by atoms with Gasteiger partial charge in [0.2, 0.25) is 10.0 Å². The second-order valence-corrected chi connectivity index (χ2v) is 8.43. The van der Waals surface area contributed by atoms with Gasteiger partial charge in [-0.1, -0.05) is 24.3 Å². The van der Waals surface area contributed by atoms with Gasteiger partial charge in [0.1, 0.15) is 0 Å². The maximum atomic E-state index is 11.3. The minimum absolute atomic E-state index is 0.146. The lowest BCUT2D eigenvalue weighted by Crippen LogP contribution is -2.30. The van der Waals surface area contributed by atoms with Crippen molar-refractivity contribution in [3.8, 4) is 0 Å². The minimum Gasteiger partial charge on any atom is -0.309 e. The van der Waals surface area contributed by atoms with Gasteiger partial charge < -0.3 is 5.32 Å². The molecule has 2 N–H and O–H groups in total. The average Bonchev–Trinajstić information content (AvgIpc) is 2.69. The Kier molecular flexibility index (Phi) is 6.54. The van der Waals surface area contributed by atoms with Gasteiger partial charge in [-0.2, -0.15) is 11.8 Å². The highest BCUT2D eigenvalue weighted by Crippen LogP contribution is 2.27. The molecule has 1 atom stereocenters. The zero-order valence-corrected chi connectivity index (χ0v) is 14.1. The van der Waals surface area contributed by atoms with E-state index in [1.807, 2.05) is 11.8 Å². The van der Waals surface area contributed by atoms with Gasteiger partial charge in [0.15, 0.2) is 0 Å². The number of hydrogen-bond acceptors (Lipinski definition) is 4. The fourth-order valence-electron chi connectivity index (χ4n) is 2.44. The highest BCUT2D eigenvalue weighted by atomic mass is 32.2. The van der Waals surface area contributed by atoms with Gasteiger partial charge in [0.05, 0.1) is 5.75 Å². The predicted octanol–water partition coefficient (Wildman–Crippen LogP) is 1.94. The molecule has 1 aromatic rings. The van der Waals surface area contributed by atoms with E-state index in [0.29, 0.717) is 12.6 Å². The van der Waals surface area contributed by atoms with Crippen molar-refractivity contribution in [3.63, 3.8) is 0 Å². The van der Waals surface area contributed by atoms with Crippen molar-refractivity contribution in [2.45, 2.75) is 25.8 Å². The van der Waals surface area contributed by atoms with Gasteiger partial charge in [-0.05, 0) is 43.2 Å². The Morgan fingerprint density at radius 2 is 2.10 bits per heavy atom. The third-order valence-corrected chi connectivity index (χ3v) is 6.14. The number of sulfonamides is 1. The molecule has 0 amide bonds. The van der Waals surface area contributed by atoms with Gasteiger partial charge in [-0.3, -0.25) is 0 Å². The summed E-state index contributed by atoms with van der Waals surface area (Å²) in [7, 11) is -3.06. The summed E-state index contributed by atoms with van der Waals surface area (Å²) in [5.41, 5.74) is 2.84. The van der Waals surface area contributed by atoms with Crippen molar-refractivity contribution < 1.29 is 8.42 Å². The topological polar surface area (TPSA) is 58.2 Å². The highest BCUT2D eigenvalue weighted by Gasteiger charge is 2.17. The quantitative estimate of drug-likeness (QED) is 0.751. The maximum Gasteiger partial charge on any atom is 0.211 e. The predicted molar refractivity (Wildman–Crippen MR) is 90.3 cm³/mol. The van der Waals surface area contributed by atoms with Crippen molar-refractivity contribution in [1.29, 1.82) is 0 Å². The minimum atomic E-state index is -3.06. The molecule has 1 heterocycles. The first-order valence-corrected chi connectivity index (χ1v) is 10.3. The van der Waals surface area contributed by atoms with E-state index in [1.54, 1.807) is 6.92 Å². The van der Waals surface area contributed by atoms with E-state index in [-0.39, 0.29) is 5.75 Å². The van der Waals surface area contributed by atoms with Crippen LogP contribution in [0, 0.1) is 0 Å². The first kappa shape index (κ1) is 16.8. The summed E-state index contributed by atoms with van der Waals surface area (Å²) in [5.74, 6) is 2.40. The molecule has 0 unspecified atom stereocenters. The smallest absolute Gasteiger partial charge is 0.211 e. The fourth-order valence-corrected chi connectivity index (χ4v) is 4.16. The zero-order chi connectivity index (χ0) is 15.1. The largest absolute Gasteiger partial charge is 0.309 e. The average molecular weight is 329 g/mol. The molecule has 0 radical (unpaired) electrons. The molecule has 0 aliphatic carbocycles. The number of aryl methyl sites for hydroxylation is 1. The van der Waals surface area contributed by atoms with Crippen LogP contribution < -0.4 is 10.0 Å². The SMILES string of the molecule is CCS(=O)(=O)NCCCN[C@H]1CSCCc2ccccc21. The van der Waals surface area contributed by atoms with E-state index >= 15 is 0 Å². The molecule has 0 spiro atoms. The molecule has 4 nitrogen and oxygen atoms in total. The molecule has 0 aromatic heterocycles. The van der Waals surface area contributed by atoms with Crippen molar-refractivity contribution in [2.24, 2.45) is 0 Å². The number of nitrogens with one attached hydrogen (secondary N) is 2. The molecule has 0 fully saturated rings. The maximum absolute atomic E-state index is 11.3. The Morgan fingerprint density at radius 3 is 2.90 bits per heavy atom. The Bertz CT molecular complexity index is 546. The van der Waals surface area contributed by atoms with E-state index in [2.05, 4.69) is 34.3 Å². The summed E-state index contributed by atoms with van der Waals surface area (Å²) in [4.78, 5) is 0. The fraction of sp³-hybridized carbons (Fsp3) is 0.600. The standard InChI is InChI=1S/C15H24N2O2S2/c1-2-21(18,19)17-10-5-9-16-15-12-20-11-8-13-6-3-4-7-14(13)15/h3-4,6-7,15-17H,2,5,8-12H2,1H3/t15-/m0/s1. The van der Waals surface area contributed by atoms with Crippen LogP contribution in [0.2, 0.25) is 0 Å². The Hall–Kier alpha value is -0.560. The lowest BCUT2D eigenvalue weighted by molar-refractivity contribution is 0.550. The molecule has 1 aromatic carbocycles.